The third-order valence-corrected chi connectivity index (χ3v) is 1.47. The summed E-state index contributed by atoms with van der Waals surface area (Å²) in [6, 6.07) is 0. The number of rotatable bonds is 2. The van der Waals surface area contributed by atoms with Crippen molar-refractivity contribution < 1.29 is 0 Å². The lowest BCUT2D eigenvalue weighted by Crippen LogP contribution is -1.97. The van der Waals surface area contributed by atoms with Crippen LogP contribution in [-0.2, 0) is 0 Å². The Morgan fingerprint density at radius 2 is 2.60 bits per heavy atom. The van der Waals surface area contributed by atoms with E-state index in [1.165, 1.54) is 11.5 Å². The Bertz CT molecular complexity index is 248. The SMILES string of the molecule is C#CCNc1nc(N)ns1. The number of terminal acetylenes is 1. The first-order valence-electron chi connectivity index (χ1n) is 2.59. The van der Waals surface area contributed by atoms with Crippen LogP contribution in [0, 0.1) is 12.3 Å². The molecule has 0 aliphatic heterocycles. The highest BCUT2D eigenvalue weighted by molar-refractivity contribution is 7.09. The zero-order valence-corrected chi connectivity index (χ0v) is 5.98. The average Bonchev–Trinajstić information content (AvgIpc) is 2.31. The Hall–Kier alpha value is -1.28. The maximum Gasteiger partial charge on any atom is 0.233 e. The standard InChI is InChI=1S/C5H6N4S/c1-2-3-7-5-8-4(6)9-10-5/h1H,3H2,(H3,6,7,8,9). The van der Waals surface area contributed by atoms with E-state index in [2.05, 4.69) is 20.6 Å². The maximum absolute atomic E-state index is 5.25. The van der Waals surface area contributed by atoms with Crippen molar-refractivity contribution in [1.29, 1.82) is 0 Å². The molecule has 0 aliphatic rings. The molecule has 0 saturated heterocycles. The van der Waals surface area contributed by atoms with Crippen molar-refractivity contribution in [2.45, 2.75) is 0 Å². The number of aromatic nitrogens is 2. The second-order valence-corrected chi connectivity index (χ2v) is 2.27. The van der Waals surface area contributed by atoms with Crippen molar-refractivity contribution in [3.8, 4) is 12.3 Å². The molecular weight excluding hydrogens is 148 g/mol. The normalized spacial score (nSPS) is 8.70. The van der Waals surface area contributed by atoms with E-state index >= 15 is 0 Å². The molecule has 0 fully saturated rings. The Kier molecular flexibility index (Phi) is 2.07. The van der Waals surface area contributed by atoms with Gasteiger partial charge >= 0.3 is 0 Å². The fourth-order valence-electron chi connectivity index (χ4n) is 0.433. The van der Waals surface area contributed by atoms with Gasteiger partial charge in [0.2, 0.25) is 11.1 Å². The minimum absolute atomic E-state index is 0.282. The largest absolute Gasteiger partial charge is 0.367 e. The Balaban J connectivity index is 2.52. The highest BCUT2D eigenvalue weighted by Gasteiger charge is 1.95. The molecule has 1 heterocycles. The summed E-state index contributed by atoms with van der Waals surface area (Å²) in [5, 5.41) is 3.51. The van der Waals surface area contributed by atoms with E-state index in [1.54, 1.807) is 0 Å². The molecular formula is C5H6N4S. The van der Waals surface area contributed by atoms with Crippen LogP contribution in [0.5, 0.6) is 0 Å². The van der Waals surface area contributed by atoms with Crippen LogP contribution < -0.4 is 11.1 Å². The first kappa shape index (κ1) is 6.83. The maximum atomic E-state index is 5.25. The van der Waals surface area contributed by atoms with Crippen LogP contribution in [0.3, 0.4) is 0 Å². The molecule has 0 aromatic carbocycles. The zero-order chi connectivity index (χ0) is 7.40. The van der Waals surface area contributed by atoms with Crippen LogP contribution in [0.2, 0.25) is 0 Å². The number of hydrogen-bond donors (Lipinski definition) is 2. The molecule has 0 radical (unpaired) electrons. The van der Waals surface area contributed by atoms with Crippen LogP contribution in [0.1, 0.15) is 0 Å². The van der Waals surface area contributed by atoms with Crippen molar-refractivity contribution in [1.82, 2.24) is 9.36 Å². The minimum Gasteiger partial charge on any atom is -0.367 e. The van der Waals surface area contributed by atoms with Gasteiger partial charge in [0.05, 0.1) is 6.54 Å². The van der Waals surface area contributed by atoms with Crippen LogP contribution in [0.15, 0.2) is 0 Å². The smallest absolute Gasteiger partial charge is 0.233 e. The van der Waals surface area contributed by atoms with E-state index < -0.39 is 0 Å². The molecule has 5 heteroatoms. The molecule has 52 valence electrons. The average molecular weight is 154 g/mol. The van der Waals surface area contributed by atoms with Gasteiger partial charge in [0.25, 0.3) is 0 Å². The molecule has 0 saturated carbocycles. The Labute approximate surface area is 62.6 Å². The first-order valence-corrected chi connectivity index (χ1v) is 3.37. The Morgan fingerprint density at radius 1 is 1.80 bits per heavy atom. The summed E-state index contributed by atoms with van der Waals surface area (Å²) >= 11 is 1.20. The number of nitrogens with zero attached hydrogens (tertiary/aromatic N) is 2. The van der Waals surface area contributed by atoms with E-state index in [1.807, 2.05) is 0 Å². The van der Waals surface area contributed by atoms with Gasteiger partial charge < -0.3 is 11.1 Å². The number of hydrogen-bond acceptors (Lipinski definition) is 5. The topological polar surface area (TPSA) is 63.8 Å². The summed E-state index contributed by atoms with van der Waals surface area (Å²) < 4.78 is 3.75. The van der Waals surface area contributed by atoms with Crippen LogP contribution in [-0.4, -0.2) is 15.9 Å². The van der Waals surface area contributed by atoms with Gasteiger partial charge in [0.1, 0.15) is 0 Å². The summed E-state index contributed by atoms with van der Waals surface area (Å²) in [4.78, 5) is 3.83. The lowest BCUT2D eigenvalue weighted by atomic mass is 10.7. The minimum atomic E-state index is 0.282. The summed E-state index contributed by atoms with van der Waals surface area (Å²) in [5.74, 6) is 2.69. The summed E-state index contributed by atoms with van der Waals surface area (Å²) in [6.07, 6.45) is 5.00. The number of nitrogens with one attached hydrogen (secondary N) is 1. The molecule has 1 aromatic heterocycles. The van der Waals surface area contributed by atoms with Gasteiger partial charge in [0.15, 0.2) is 0 Å². The first-order chi connectivity index (χ1) is 4.83. The molecule has 0 aliphatic carbocycles. The second-order valence-electron chi connectivity index (χ2n) is 1.52. The van der Waals surface area contributed by atoms with Gasteiger partial charge in [-0.2, -0.15) is 9.36 Å². The summed E-state index contributed by atoms with van der Waals surface area (Å²) in [5.41, 5.74) is 5.25. The fourth-order valence-corrected chi connectivity index (χ4v) is 0.925. The van der Waals surface area contributed by atoms with Crippen molar-refractivity contribution in [2.24, 2.45) is 0 Å². The molecule has 4 nitrogen and oxygen atoms in total. The van der Waals surface area contributed by atoms with Gasteiger partial charge in [-0.3, -0.25) is 0 Å². The molecule has 10 heavy (non-hydrogen) atoms. The van der Waals surface area contributed by atoms with Gasteiger partial charge in [0, 0.05) is 11.5 Å². The van der Waals surface area contributed by atoms with Crippen LogP contribution in [0.4, 0.5) is 11.1 Å². The van der Waals surface area contributed by atoms with E-state index in [0.717, 1.165) is 0 Å². The summed E-state index contributed by atoms with van der Waals surface area (Å²) in [6.45, 7) is 0.453. The molecule has 1 rings (SSSR count). The highest BCUT2D eigenvalue weighted by Crippen LogP contribution is 2.10. The predicted molar refractivity (Wildman–Crippen MR) is 41.6 cm³/mol. The van der Waals surface area contributed by atoms with Crippen LogP contribution >= 0.6 is 11.5 Å². The molecule has 0 bridgehead atoms. The zero-order valence-electron chi connectivity index (χ0n) is 5.16. The quantitative estimate of drug-likeness (QED) is 0.596. The van der Waals surface area contributed by atoms with Crippen molar-refractivity contribution in [3.63, 3.8) is 0 Å². The Morgan fingerprint density at radius 3 is 3.10 bits per heavy atom. The van der Waals surface area contributed by atoms with E-state index in [0.29, 0.717) is 11.7 Å². The predicted octanol–water partition coefficient (Wildman–Crippen LogP) is 0.165. The van der Waals surface area contributed by atoms with Crippen LogP contribution in [0.25, 0.3) is 0 Å². The summed E-state index contributed by atoms with van der Waals surface area (Å²) in [7, 11) is 0. The molecule has 0 atom stereocenters. The lowest BCUT2D eigenvalue weighted by Gasteiger charge is -1.90. The van der Waals surface area contributed by atoms with E-state index in [9.17, 15) is 0 Å². The second kappa shape index (κ2) is 3.03. The van der Waals surface area contributed by atoms with Gasteiger partial charge in [-0.25, -0.2) is 0 Å². The van der Waals surface area contributed by atoms with Gasteiger partial charge in [-0.15, -0.1) is 6.42 Å². The van der Waals surface area contributed by atoms with E-state index in [4.69, 9.17) is 12.2 Å². The number of anilines is 2. The van der Waals surface area contributed by atoms with E-state index in [-0.39, 0.29) is 5.95 Å². The number of nitrogens with two attached hydrogens (primary N) is 1. The van der Waals surface area contributed by atoms with Gasteiger partial charge in [-0.1, -0.05) is 5.92 Å². The third-order valence-electron chi connectivity index (χ3n) is 0.783. The molecule has 3 N–H and O–H groups in total. The molecule has 0 spiro atoms. The molecule has 0 unspecified atom stereocenters. The van der Waals surface area contributed by atoms with Crippen molar-refractivity contribution in [3.05, 3.63) is 0 Å². The monoisotopic (exact) mass is 154 g/mol. The lowest BCUT2D eigenvalue weighted by molar-refractivity contribution is 1.28. The highest BCUT2D eigenvalue weighted by atomic mass is 32.1. The molecule has 0 amide bonds. The van der Waals surface area contributed by atoms with Crippen molar-refractivity contribution >= 4 is 22.6 Å². The third kappa shape index (κ3) is 1.60. The molecule has 1 aromatic rings. The number of nitrogen functional groups attached to an aromatic ring is 1. The van der Waals surface area contributed by atoms with Gasteiger partial charge in [-0.05, 0) is 0 Å². The fraction of sp³-hybridized carbons (Fsp3) is 0.200. The van der Waals surface area contributed by atoms with Crippen molar-refractivity contribution in [2.75, 3.05) is 17.6 Å².